The monoisotopic (exact) mass is 213 g/mol. The Bertz CT molecular complexity index is 301. The predicted octanol–water partition coefficient (Wildman–Crippen LogP) is -0.00540. The van der Waals surface area contributed by atoms with Crippen LogP contribution in [0.3, 0.4) is 0 Å². The Morgan fingerprint density at radius 3 is 1.73 bits per heavy atom. The molecular weight excluding hydrogens is 202 g/mol. The number of nitrogens with two attached hydrogens (primary N) is 1. The van der Waals surface area contributed by atoms with E-state index in [0.29, 0.717) is 5.95 Å². The maximum atomic E-state index is 9.64. The zero-order chi connectivity index (χ0) is 11.7. The third-order valence-corrected chi connectivity index (χ3v) is 1.14. The summed E-state index contributed by atoms with van der Waals surface area (Å²) in [6.45, 7) is 0. The van der Waals surface area contributed by atoms with Gasteiger partial charge in [0.15, 0.2) is 0 Å². The van der Waals surface area contributed by atoms with E-state index < -0.39 is 11.9 Å². The van der Waals surface area contributed by atoms with Crippen LogP contribution in [-0.4, -0.2) is 32.1 Å². The largest absolute Gasteiger partial charge is 0.481 e. The van der Waals surface area contributed by atoms with E-state index in [4.69, 9.17) is 15.9 Å². The molecule has 0 amide bonds. The van der Waals surface area contributed by atoms with E-state index in [2.05, 4.69) is 9.97 Å². The van der Waals surface area contributed by atoms with Crippen LogP contribution in [0.2, 0.25) is 0 Å². The third kappa shape index (κ3) is 9.74. The summed E-state index contributed by atoms with van der Waals surface area (Å²) < 4.78 is 0. The van der Waals surface area contributed by atoms with Crippen LogP contribution >= 0.6 is 0 Å². The molecule has 7 heteroatoms. The summed E-state index contributed by atoms with van der Waals surface area (Å²) in [5.41, 5.74) is 5.14. The highest BCUT2D eigenvalue weighted by atomic mass is 16.4. The summed E-state index contributed by atoms with van der Waals surface area (Å²) in [6, 6.07) is 1.72. The highest BCUT2D eigenvalue weighted by molar-refractivity contribution is 5.75. The molecule has 0 aliphatic carbocycles. The lowest BCUT2D eigenvalue weighted by Crippen LogP contribution is -2.00. The number of carboxylic acid groups (broad SMARTS) is 2. The fourth-order valence-electron chi connectivity index (χ4n) is 0.524. The summed E-state index contributed by atoms with van der Waals surface area (Å²) in [7, 11) is 0. The molecular formula is C8H11N3O4. The number of aromatic nitrogens is 2. The second-order valence-electron chi connectivity index (χ2n) is 2.39. The molecule has 4 N–H and O–H groups in total. The van der Waals surface area contributed by atoms with Crippen molar-refractivity contribution in [3.05, 3.63) is 18.5 Å². The maximum absolute atomic E-state index is 9.64. The van der Waals surface area contributed by atoms with E-state index in [0.717, 1.165) is 0 Å². The van der Waals surface area contributed by atoms with Gasteiger partial charge in [-0.1, -0.05) is 0 Å². The van der Waals surface area contributed by atoms with Gasteiger partial charge in [-0.25, -0.2) is 9.97 Å². The molecule has 0 saturated carbocycles. The van der Waals surface area contributed by atoms with Gasteiger partial charge in [0.1, 0.15) is 0 Å². The number of nitrogens with zero attached hydrogens (tertiary/aromatic N) is 2. The first-order valence-corrected chi connectivity index (χ1v) is 3.98. The molecule has 7 nitrogen and oxygen atoms in total. The number of carboxylic acids is 2. The van der Waals surface area contributed by atoms with Gasteiger partial charge in [-0.05, 0) is 6.07 Å². The molecule has 1 rings (SSSR count). The van der Waals surface area contributed by atoms with Crippen molar-refractivity contribution in [2.75, 3.05) is 5.73 Å². The first kappa shape index (κ1) is 12.8. The van der Waals surface area contributed by atoms with E-state index in [-0.39, 0.29) is 12.8 Å². The number of hydrogen-bond acceptors (Lipinski definition) is 5. The molecule has 0 aliphatic heterocycles. The lowest BCUT2D eigenvalue weighted by molar-refractivity contribution is -0.143. The van der Waals surface area contributed by atoms with Crippen LogP contribution in [0.5, 0.6) is 0 Å². The average molecular weight is 213 g/mol. The second-order valence-corrected chi connectivity index (χ2v) is 2.39. The van der Waals surface area contributed by atoms with Crippen molar-refractivity contribution in [1.29, 1.82) is 0 Å². The molecule has 0 atom stereocenters. The SMILES string of the molecule is Nc1ncccn1.O=C(O)CCC(=O)O. The van der Waals surface area contributed by atoms with Gasteiger partial charge < -0.3 is 15.9 Å². The van der Waals surface area contributed by atoms with Crippen molar-refractivity contribution in [1.82, 2.24) is 9.97 Å². The number of anilines is 1. The molecule has 0 spiro atoms. The normalized spacial score (nSPS) is 8.53. The molecule has 0 saturated heterocycles. The Morgan fingerprint density at radius 1 is 1.13 bits per heavy atom. The van der Waals surface area contributed by atoms with Gasteiger partial charge in [0.05, 0.1) is 12.8 Å². The molecule has 0 unspecified atom stereocenters. The van der Waals surface area contributed by atoms with E-state index in [1.54, 1.807) is 18.5 Å². The molecule has 15 heavy (non-hydrogen) atoms. The van der Waals surface area contributed by atoms with Gasteiger partial charge in [-0.2, -0.15) is 0 Å². The smallest absolute Gasteiger partial charge is 0.303 e. The van der Waals surface area contributed by atoms with Crippen LogP contribution in [0.4, 0.5) is 5.95 Å². The lowest BCUT2D eigenvalue weighted by Gasteiger charge is -1.85. The molecule has 1 aromatic rings. The molecule has 1 aromatic heterocycles. The van der Waals surface area contributed by atoms with Crippen molar-refractivity contribution in [3.8, 4) is 0 Å². The van der Waals surface area contributed by atoms with Gasteiger partial charge in [-0.3, -0.25) is 9.59 Å². The Labute approximate surface area is 85.6 Å². The van der Waals surface area contributed by atoms with Gasteiger partial charge in [-0.15, -0.1) is 0 Å². The van der Waals surface area contributed by atoms with E-state index in [1.165, 1.54) is 0 Å². The Kier molecular flexibility index (Phi) is 6.19. The number of aliphatic carboxylic acids is 2. The average Bonchev–Trinajstić information content (AvgIpc) is 2.17. The first-order chi connectivity index (χ1) is 7.02. The summed E-state index contributed by atoms with van der Waals surface area (Å²) in [5, 5.41) is 15.8. The van der Waals surface area contributed by atoms with Crippen molar-refractivity contribution in [2.24, 2.45) is 0 Å². The van der Waals surface area contributed by atoms with Crippen molar-refractivity contribution >= 4 is 17.9 Å². The molecule has 1 heterocycles. The predicted molar refractivity (Wildman–Crippen MR) is 51.0 cm³/mol. The zero-order valence-electron chi connectivity index (χ0n) is 7.83. The van der Waals surface area contributed by atoms with Gasteiger partial charge in [0.2, 0.25) is 5.95 Å². The zero-order valence-corrected chi connectivity index (χ0v) is 7.83. The minimum absolute atomic E-state index is 0.296. The Hall–Kier alpha value is -2.18. The van der Waals surface area contributed by atoms with Crippen LogP contribution < -0.4 is 5.73 Å². The quantitative estimate of drug-likeness (QED) is 0.644. The Balaban J connectivity index is 0.000000262. The number of rotatable bonds is 3. The van der Waals surface area contributed by atoms with E-state index in [1.807, 2.05) is 0 Å². The molecule has 0 aromatic carbocycles. The van der Waals surface area contributed by atoms with E-state index >= 15 is 0 Å². The third-order valence-electron chi connectivity index (χ3n) is 1.14. The van der Waals surface area contributed by atoms with Crippen LogP contribution in [0.25, 0.3) is 0 Å². The van der Waals surface area contributed by atoms with Crippen molar-refractivity contribution < 1.29 is 19.8 Å². The van der Waals surface area contributed by atoms with Crippen LogP contribution in [0.1, 0.15) is 12.8 Å². The maximum Gasteiger partial charge on any atom is 0.303 e. The topological polar surface area (TPSA) is 126 Å². The van der Waals surface area contributed by atoms with Gasteiger partial charge in [0, 0.05) is 12.4 Å². The summed E-state index contributed by atoms with van der Waals surface area (Å²) in [4.78, 5) is 26.6. The number of hydrogen-bond donors (Lipinski definition) is 3. The highest BCUT2D eigenvalue weighted by Gasteiger charge is 2.00. The van der Waals surface area contributed by atoms with Crippen LogP contribution in [0, 0.1) is 0 Å². The molecule has 0 bridgehead atoms. The fourth-order valence-corrected chi connectivity index (χ4v) is 0.524. The molecule has 0 fully saturated rings. The summed E-state index contributed by atoms with van der Waals surface area (Å²) >= 11 is 0. The van der Waals surface area contributed by atoms with Crippen molar-refractivity contribution in [3.63, 3.8) is 0 Å². The van der Waals surface area contributed by atoms with E-state index in [9.17, 15) is 9.59 Å². The highest BCUT2D eigenvalue weighted by Crippen LogP contribution is 1.86. The minimum Gasteiger partial charge on any atom is -0.481 e. The summed E-state index contributed by atoms with van der Waals surface area (Å²) in [5.74, 6) is -1.83. The summed E-state index contributed by atoms with van der Waals surface area (Å²) in [6.07, 6.45) is 2.61. The molecule has 82 valence electrons. The first-order valence-electron chi connectivity index (χ1n) is 3.98. The molecule has 0 aliphatic rings. The van der Waals surface area contributed by atoms with Crippen molar-refractivity contribution in [2.45, 2.75) is 12.8 Å². The van der Waals surface area contributed by atoms with Crippen LogP contribution in [-0.2, 0) is 9.59 Å². The Morgan fingerprint density at radius 2 is 1.53 bits per heavy atom. The lowest BCUT2D eigenvalue weighted by atomic mass is 10.3. The second kappa shape index (κ2) is 7.25. The number of carbonyl (C=O) groups is 2. The van der Waals surface area contributed by atoms with Gasteiger partial charge in [0.25, 0.3) is 0 Å². The van der Waals surface area contributed by atoms with Gasteiger partial charge >= 0.3 is 11.9 Å². The van der Waals surface area contributed by atoms with Crippen LogP contribution in [0.15, 0.2) is 18.5 Å². The molecule has 0 radical (unpaired) electrons. The number of nitrogen functional groups attached to an aromatic ring is 1. The standard InChI is InChI=1S/C4H5N3.C4H6O4/c5-4-6-2-1-3-7-4;5-3(6)1-2-4(7)8/h1-3H,(H2,5,6,7);1-2H2,(H,5,6)(H,7,8). The fraction of sp³-hybridized carbons (Fsp3) is 0.250. The minimum atomic E-state index is -1.08.